The molecule has 1 aromatic carbocycles. The maximum atomic E-state index is 5.45. The molecule has 0 aliphatic carbocycles. The summed E-state index contributed by atoms with van der Waals surface area (Å²) in [5, 5.41) is 3.23. The van der Waals surface area contributed by atoms with E-state index in [9.17, 15) is 0 Å². The van der Waals surface area contributed by atoms with E-state index in [2.05, 4.69) is 22.5 Å². The van der Waals surface area contributed by atoms with Gasteiger partial charge in [-0.3, -0.25) is 0 Å². The minimum atomic E-state index is 0.736. The van der Waals surface area contributed by atoms with Crippen LogP contribution in [0.5, 0.6) is 0 Å². The van der Waals surface area contributed by atoms with E-state index in [-0.39, 0.29) is 0 Å². The number of hydrogen-bond acceptors (Lipinski definition) is 4. The van der Waals surface area contributed by atoms with Crippen molar-refractivity contribution in [3.63, 3.8) is 0 Å². The number of hydrogen-bond donors (Lipinski definition) is 1. The van der Waals surface area contributed by atoms with Gasteiger partial charge in [-0.05, 0) is 0 Å². The minimum absolute atomic E-state index is 0.736. The zero-order chi connectivity index (χ0) is 11.2. The molecule has 2 N–H and O–H groups in total. The summed E-state index contributed by atoms with van der Waals surface area (Å²) in [5.41, 5.74) is 7.80. The molecule has 2 aromatic rings. The minimum Gasteiger partial charge on any atom is -0.330 e. The van der Waals surface area contributed by atoms with E-state index in [0.717, 1.165) is 28.8 Å². The summed E-state index contributed by atoms with van der Waals surface area (Å²) in [4.78, 5) is 4.61. The number of thioether (sulfide) groups is 1. The van der Waals surface area contributed by atoms with Gasteiger partial charge in [-0.15, -0.1) is 11.3 Å². The lowest BCUT2D eigenvalue weighted by molar-refractivity contribution is 1.14. The summed E-state index contributed by atoms with van der Waals surface area (Å²) in [6, 6.07) is 10.3. The molecule has 0 fully saturated rings. The molecule has 0 radical (unpaired) electrons. The fourth-order valence-corrected chi connectivity index (χ4v) is 2.95. The third kappa shape index (κ3) is 3.07. The molecule has 1 heterocycles. The van der Waals surface area contributed by atoms with E-state index in [1.807, 2.05) is 30.0 Å². The number of thiazole rings is 1. The Morgan fingerprint density at radius 1 is 1.25 bits per heavy atom. The Bertz CT molecular complexity index is 426. The topological polar surface area (TPSA) is 38.9 Å². The maximum Gasteiger partial charge on any atom is 0.123 e. The molecule has 1 aromatic heterocycles. The fraction of sp³-hybridized carbons (Fsp3) is 0.250. The van der Waals surface area contributed by atoms with Crippen molar-refractivity contribution in [1.29, 1.82) is 0 Å². The van der Waals surface area contributed by atoms with E-state index in [1.54, 1.807) is 11.3 Å². The van der Waals surface area contributed by atoms with Gasteiger partial charge < -0.3 is 5.73 Å². The molecule has 2 rings (SSSR count). The lowest BCUT2D eigenvalue weighted by Crippen LogP contribution is -2.01. The largest absolute Gasteiger partial charge is 0.330 e. The van der Waals surface area contributed by atoms with Crippen LogP contribution >= 0.6 is 23.1 Å². The second kappa shape index (κ2) is 6.03. The van der Waals surface area contributed by atoms with E-state index in [1.165, 1.54) is 5.56 Å². The van der Waals surface area contributed by atoms with Crippen molar-refractivity contribution < 1.29 is 0 Å². The average molecular weight is 250 g/mol. The molecular weight excluding hydrogens is 236 g/mol. The van der Waals surface area contributed by atoms with E-state index < -0.39 is 0 Å². The Labute approximate surface area is 104 Å². The zero-order valence-electron chi connectivity index (χ0n) is 8.93. The normalized spacial score (nSPS) is 10.6. The highest BCUT2D eigenvalue weighted by Crippen LogP contribution is 2.24. The van der Waals surface area contributed by atoms with Gasteiger partial charge in [0.25, 0.3) is 0 Å². The molecule has 0 unspecified atom stereocenters. The SMILES string of the molecule is NCCSCc1csc(-c2ccccc2)n1. The quantitative estimate of drug-likeness (QED) is 0.829. The summed E-state index contributed by atoms with van der Waals surface area (Å²) in [5.74, 6) is 1.96. The van der Waals surface area contributed by atoms with E-state index >= 15 is 0 Å². The number of rotatable bonds is 5. The van der Waals surface area contributed by atoms with Crippen LogP contribution < -0.4 is 5.73 Å². The number of nitrogens with zero attached hydrogens (tertiary/aromatic N) is 1. The number of aromatic nitrogens is 1. The van der Waals surface area contributed by atoms with E-state index in [0.29, 0.717) is 0 Å². The Balaban J connectivity index is 2.02. The second-order valence-electron chi connectivity index (χ2n) is 3.35. The Hall–Kier alpha value is -0.840. The summed E-state index contributed by atoms with van der Waals surface area (Å²) in [6.45, 7) is 0.736. The highest BCUT2D eigenvalue weighted by atomic mass is 32.2. The van der Waals surface area contributed by atoms with Gasteiger partial charge >= 0.3 is 0 Å². The summed E-state index contributed by atoms with van der Waals surface area (Å²) < 4.78 is 0. The first-order valence-corrected chi connectivity index (χ1v) is 7.21. The molecule has 0 aliphatic rings. The number of benzene rings is 1. The summed E-state index contributed by atoms with van der Waals surface area (Å²) in [7, 11) is 0. The van der Waals surface area contributed by atoms with Gasteiger partial charge in [-0.2, -0.15) is 11.8 Å². The lowest BCUT2D eigenvalue weighted by Gasteiger charge is -1.96. The van der Waals surface area contributed by atoms with Crippen molar-refractivity contribution in [2.45, 2.75) is 5.75 Å². The molecule has 16 heavy (non-hydrogen) atoms. The summed E-state index contributed by atoms with van der Waals surface area (Å²) in [6.07, 6.45) is 0. The van der Waals surface area contributed by atoms with Gasteiger partial charge in [0.15, 0.2) is 0 Å². The van der Waals surface area contributed by atoms with Gasteiger partial charge in [0, 0.05) is 29.0 Å². The molecule has 0 bridgehead atoms. The van der Waals surface area contributed by atoms with Crippen LogP contribution in [-0.2, 0) is 5.75 Å². The van der Waals surface area contributed by atoms with Gasteiger partial charge in [0.05, 0.1) is 5.69 Å². The zero-order valence-corrected chi connectivity index (χ0v) is 10.6. The van der Waals surface area contributed by atoms with Crippen LogP contribution in [0, 0.1) is 0 Å². The Morgan fingerprint density at radius 2 is 2.06 bits per heavy atom. The van der Waals surface area contributed by atoms with Crippen LogP contribution in [0.2, 0.25) is 0 Å². The van der Waals surface area contributed by atoms with Crippen molar-refractivity contribution in [1.82, 2.24) is 4.98 Å². The fourth-order valence-electron chi connectivity index (χ4n) is 1.35. The molecule has 4 heteroatoms. The van der Waals surface area contributed by atoms with Crippen molar-refractivity contribution in [2.24, 2.45) is 5.73 Å². The third-order valence-corrected chi connectivity index (χ3v) is 4.05. The summed E-state index contributed by atoms with van der Waals surface area (Å²) >= 11 is 3.54. The van der Waals surface area contributed by atoms with Crippen LogP contribution in [0.25, 0.3) is 10.6 Å². The average Bonchev–Trinajstić information content (AvgIpc) is 2.79. The standard InChI is InChI=1S/C12H14N2S2/c13-6-7-15-8-11-9-16-12(14-11)10-4-2-1-3-5-10/h1-5,9H,6-8,13H2. The monoisotopic (exact) mass is 250 g/mol. The van der Waals surface area contributed by atoms with Gasteiger partial charge in [-0.1, -0.05) is 30.3 Å². The predicted octanol–water partition coefficient (Wildman–Crippen LogP) is 3.00. The van der Waals surface area contributed by atoms with Gasteiger partial charge in [0.2, 0.25) is 0 Å². The van der Waals surface area contributed by atoms with Gasteiger partial charge in [0.1, 0.15) is 5.01 Å². The molecule has 0 atom stereocenters. The highest BCUT2D eigenvalue weighted by Gasteiger charge is 2.03. The smallest absolute Gasteiger partial charge is 0.123 e. The number of nitrogens with two attached hydrogens (primary N) is 1. The highest BCUT2D eigenvalue weighted by molar-refractivity contribution is 7.98. The van der Waals surface area contributed by atoms with Gasteiger partial charge in [-0.25, -0.2) is 4.98 Å². The van der Waals surface area contributed by atoms with Crippen molar-refractivity contribution >= 4 is 23.1 Å². The first kappa shape index (κ1) is 11.6. The van der Waals surface area contributed by atoms with Crippen molar-refractivity contribution in [3.05, 3.63) is 41.4 Å². The van der Waals surface area contributed by atoms with E-state index in [4.69, 9.17) is 5.73 Å². The Kier molecular flexibility index (Phi) is 4.39. The van der Waals surface area contributed by atoms with Crippen LogP contribution in [0.3, 0.4) is 0 Å². The van der Waals surface area contributed by atoms with Crippen molar-refractivity contribution in [2.75, 3.05) is 12.3 Å². The van der Waals surface area contributed by atoms with Crippen LogP contribution in [0.15, 0.2) is 35.7 Å². The van der Waals surface area contributed by atoms with Crippen LogP contribution in [-0.4, -0.2) is 17.3 Å². The first-order valence-electron chi connectivity index (χ1n) is 5.18. The Morgan fingerprint density at radius 3 is 2.81 bits per heavy atom. The second-order valence-corrected chi connectivity index (χ2v) is 5.31. The molecule has 0 spiro atoms. The molecule has 0 saturated carbocycles. The molecule has 2 nitrogen and oxygen atoms in total. The van der Waals surface area contributed by atoms with Crippen LogP contribution in [0.4, 0.5) is 0 Å². The molecule has 84 valence electrons. The molecule has 0 amide bonds. The molecule has 0 saturated heterocycles. The molecule has 0 aliphatic heterocycles. The first-order chi connectivity index (χ1) is 7.90. The lowest BCUT2D eigenvalue weighted by atomic mass is 10.2. The van der Waals surface area contributed by atoms with Crippen LogP contribution in [0.1, 0.15) is 5.69 Å². The van der Waals surface area contributed by atoms with Crippen molar-refractivity contribution in [3.8, 4) is 10.6 Å². The third-order valence-electron chi connectivity index (χ3n) is 2.08. The molecular formula is C12H14N2S2. The predicted molar refractivity (Wildman–Crippen MR) is 72.8 cm³/mol. The maximum absolute atomic E-state index is 5.45.